The minimum absolute atomic E-state index is 0.191. The van der Waals surface area contributed by atoms with Crippen LogP contribution in [0.15, 0.2) is 54.6 Å². The van der Waals surface area contributed by atoms with E-state index in [2.05, 4.69) is 20.7 Å². The lowest BCUT2D eigenvalue weighted by atomic mass is 10.1. The van der Waals surface area contributed by atoms with Gasteiger partial charge in [0.05, 0.1) is 0 Å². The largest absolute Gasteiger partial charge is 0.439 e. The van der Waals surface area contributed by atoms with Crippen LogP contribution in [0.25, 0.3) is 11.4 Å². The number of alkyl carbamates (subject to hydrolysis) is 1. The molecule has 1 heterocycles. The second kappa shape index (κ2) is 7.76. The lowest BCUT2D eigenvalue weighted by molar-refractivity contribution is 0.0837. The second-order valence-corrected chi connectivity index (χ2v) is 5.61. The van der Waals surface area contributed by atoms with E-state index in [1.54, 1.807) is 12.1 Å². The van der Waals surface area contributed by atoms with Gasteiger partial charge in [-0.15, -0.1) is 10.2 Å². The third-order valence-electron chi connectivity index (χ3n) is 3.52. The van der Waals surface area contributed by atoms with E-state index in [1.165, 1.54) is 11.8 Å². The average molecular weight is 358 g/mol. The van der Waals surface area contributed by atoms with Gasteiger partial charge in [0, 0.05) is 23.2 Å². The van der Waals surface area contributed by atoms with Gasteiger partial charge in [0.15, 0.2) is 6.10 Å². The third kappa shape index (κ3) is 4.13. The number of tetrazole rings is 1. The molecule has 1 amide bonds. The summed E-state index contributed by atoms with van der Waals surface area (Å²) in [6.45, 7) is 0.191. The van der Waals surface area contributed by atoms with Crippen molar-refractivity contribution in [1.29, 1.82) is 0 Å². The van der Waals surface area contributed by atoms with E-state index in [9.17, 15) is 4.79 Å². The van der Waals surface area contributed by atoms with Crippen molar-refractivity contribution < 1.29 is 9.53 Å². The number of hydrogen-bond donors (Lipinski definition) is 1. The van der Waals surface area contributed by atoms with E-state index >= 15 is 0 Å². The Morgan fingerprint density at radius 2 is 1.92 bits per heavy atom. The predicted octanol–water partition coefficient (Wildman–Crippen LogP) is 3.09. The van der Waals surface area contributed by atoms with Crippen molar-refractivity contribution in [3.63, 3.8) is 0 Å². The Labute approximate surface area is 149 Å². The predicted molar refractivity (Wildman–Crippen MR) is 93.0 cm³/mol. The van der Waals surface area contributed by atoms with Crippen molar-refractivity contribution in [1.82, 2.24) is 25.5 Å². The van der Waals surface area contributed by atoms with Crippen LogP contribution in [-0.4, -0.2) is 33.3 Å². The van der Waals surface area contributed by atoms with E-state index in [0.717, 1.165) is 5.56 Å². The molecule has 0 aliphatic rings. The SMILES string of the molecule is CNC(=O)OC(Cn1nnc(-c2ccccc2)n1)c1ccccc1Cl. The van der Waals surface area contributed by atoms with Gasteiger partial charge in [0.1, 0.15) is 6.54 Å². The van der Waals surface area contributed by atoms with Crippen LogP contribution in [0.1, 0.15) is 11.7 Å². The van der Waals surface area contributed by atoms with Crippen molar-refractivity contribution >= 4 is 17.7 Å². The van der Waals surface area contributed by atoms with Gasteiger partial charge >= 0.3 is 6.09 Å². The van der Waals surface area contributed by atoms with Crippen LogP contribution < -0.4 is 5.32 Å². The molecule has 2 aromatic carbocycles. The summed E-state index contributed by atoms with van der Waals surface area (Å²) in [7, 11) is 1.49. The first-order chi connectivity index (χ1) is 12.2. The van der Waals surface area contributed by atoms with Gasteiger partial charge in [-0.25, -0.2) is 4.79 Å². The highest BCUT2D eigenvalue weighted by molar-refractivity contribution is 6.31. The quantitative estimate of drug-likeness (QED) is 0.758. The molecular weight excluding hydrogens is 342 g/mol. The number of carbonyl (C=O) groups is 1. The average Bonchev–Trinajstić information content (AvgIpc) is 3.11. The molecule has 1 N–H and O–H groups in total. The van der Waals surface area contributed by atoms with Gasteiger partial charge < -0.3 is 10.1 Å². The zero-order valence-corrected chi connectivity index (χ0v) is 14.2. The van der Waals surface area contributed by atoms with Crippen LogP contribution in [0.2, 0.25) is 5.02 Å². The smallest absolute Gasteiger partial charge is 0.407 e. The number of aromatic nitrogens is 4. The van der Waals surface area contributed by atoms with Gasteiger partial charge in [-0.3, -0.25) is 0 Å². The number of benzene rings is 2. The number of carbonyl (C=O) groups excluding carboxylic acids is 1. The maximum absolute atomic E-state index is 11.7. The fraction of sp³-hybridized carbons (Fsp3) is 0.176. The van der Waals surface area contributed by atoms with Gasteiger partial charge in [-0.1, -0.05) is 60.1 Å². The van der Waals surface area contributed by atoms with Gasteiger partial charge in [0.25, 0.3) is 0 Å². The first kappa shape index (κ1) is 16.9. The highest BCUT2D eigenvalue weighted by Gasteiger charge is 2.21. The van der Waals surface area contributed by atoms with E-state index in [4.69, 9.17) is 16.3 Å². The molecule has 0 saturated heterocycles. The fourth-order valence-electron chi connectivity index (χ4n) is 2.30. The number of hydrogen-bond acceptors (Lipinski definition) is 5. The summed E-state index contributed by atoms with van der Waals surface area (Å²) in [5.41, 5.74) is 1.53. The summed E-state index contributed by atoms with van der Waals surface area (Å²) in [4.78, 5) is 13.1. The molecule has 1 aromatic heterocycles. The topological polar surface area (TPSA) is 81.9 Å². The van der Waals surface area contributed by atoms with Crippen molar-refractivity contribution in [2.24, 2.45) is 0 Å². The zero-order valence-electron chi connectivity index (χ0n) is 13.5. The molecule has 1 unspecified atom stereocenters. The molecule has 25 heavy (non-hydrogen) atoms. The van der Waals surface area contributed by atoms with Gasteiger partial charge in [-0.2, -0.15) is 4.80 Å². The summed E-state index contributed by atoms with van der Waals surface area (Å²) < 4.78 is 5.42. The zero-order chi connectivity index (χ0) is 17.6. The normalized spacial score (nSPS) is 11.8. The lowest BCUT2D eigenvalue weighted by Gasteiger charge is -2.18. The van der Waals surface area contributed by atoms with Crippen LogP contribution in [0.5, 0.6) is 0 Å². The van der Waals surface area contributed by atoms with Crippen molar-refractivity contribution in [3.05, 3.63) is 65.2 Å². The number of ether oxygens (including phenoxy) is 1. The standard InChI is InChI=1S/C17H16ClN5O2/c1-19-17(24)25-15(13-9-5-6-10-14(13)18)11-23-21-16(20-22-23)12-7-3-2-4-8-12/h2-10,15H,11H2,1H3,(H,19,24). The Morgan fingerprint density at radius 1 is 1.20 bits per heavy atom. The monoisotopic (exact) mass is 357 g/mol. The molecule has 3 rings (SSSR count). The molecule has 0 spiro atoms. The maximum Gasteiger partial charge on any atom is 0.407 e. The molecular formula is C17H16ClN5O2. The van der Waals surface area contributed by atoms with Crippen molar-refractivity contribution in [2.45, 2.75) is 12.6 Å². The minimum Gasteiger partial charge on any atom is -0.439 e. The van der Waals surface area contributed by atoms with Crippen molar-refractivity contribution in [2.75, 3.05) is 7.05 Å². The molecule has 0 fully saturated rings. The summed E-state index contributed by atoms with van der Waals surface area (Å²) in [6, 6.07) is 16.7. The van der Waals surface area contributed by atoms with Crippen LogP contribution in [0.3, 0.4) is 0 Å². The summed E-state index contributed by atoms with van der Waals surface area (Å²) in [6.07, 6.45) is -1.21. The Hall–Kier alpha value is -2.93. The van der Waals surface area contributed by atoms with E-state index in [1.807, 2.05) is 42.5 Å². The van der Waals surface area contributed by atoms with Gasteiger partial charge in [0.2, 0.25) is 5.82 Å². The number of amides is 1. The molecule has 0 radical (unpaired) electrons. The van der Waals surface area contributed by atoms with E-state index in [-0.39, 0.29) is 6.54 Å². The third-order valence-corrected chi connectivity index (χ3v) is 3.86. The molecule has 0 aliphatic carbocycles. The molecule has 0 bridgehead atoms. The number of rotatable bonds is 5. The molecule has 8 heteroatoms. The highest BCUT2D eigenvalue weighted by Crippen LogP contribution is 2.27. The molecule has 1 atom stereocenters. The van der Waals surface area contributed by atoms with Crippen LogP contribution >= 0.6 is 11.6 Å². The van der Waals surface area contributed by atoms with Crippen LogP contribution in [0.4, 0.5) is 4.79 Å². The number of halogens is 1. The van der Waals surface area contributed by atoms with Crippen LogP contribution in [-0.2, 0) is 11.3 Å². The summed E-state index contributed by atoms with van der Waals surface area (Å²) in [5, 5.41) is 15.4. The molecule has 7 nitrogen and oxygen atoms in total. The van der Waals surface area contributed by atoms with Gasteiger partial charge in [-0.05, 0) is 11.3 Å². The molecule has 3 aromatic rings. The van der Waals surface area contributed by atoms with Crippen molar-refractivity contribution in [3.8, 4) is 11.4 Å². The number of nitrogens with zero attached hydrogens (tertiary/aromatic N) is 4. The summed E-state index contributed by atoms with van der Waals surface area (Å²) >= 11 is 6.24. The first-order valence-electron chi connectivity index (χ1n) is 7.63. The molecule has 0 saturated carbocycles. The minimum atomic E-state index is -0.647. The second-order valence-electron chi connectivity index (χ2n) is 5.20. The number of nitrogens with one attached hydrogen (secondary N) is 1. The lowest BCUT2D eigenvalue weighted by Crippen LogP contribution is -2.25. The molecule has 0 aliphatic heterocycles. The van der Waals surface area contributed by atoms with E-state index in [0.29, 0.717) is 16.4 Å². The van der Waals surface area contributed by atoms with Crippen LogP contribution in [0, 0.1) is 0 Å². The first-order valence-corrected chi connectivity index (χ1v) is 8.01. The van der Waals surface area contributed by atoms with E-state index < -0.39 is 12.2 Å². The Bertz CT molecular complexity index is 853. The fourth-order valence-corrected chi connectivity index (χ4v) is 2.55. The Kier molecular flexibility index (Phi) is 5.25. The summed E-state index contributed by atoms with van der Waals surface area (Å²) in [5.74, 6) is 0.499. The highest BCUT2D eigenvalue weighted by atomic mass is 35.5. The Morgan fingerprint density at radius 3 is 2.64 bits per heavy atom. The molecule has 128 valence electrons. The maximum atomic E-state index is 11.7. The Balaban J connectivity index is 1.84.